The Bertz CT molecular complexity index is 659. The van der Waals surface area contributed by atoms with Gasteiger partial charge in [0.05, 0.1) is 77.8 Å². The minimum absolute atomic E-state index is 0.0289. The first-order valence-corrected chi connectivity index (χ1v) is 11.7. The summed E-state index contributed by atoms with van der Waals surface area (Å²) in [6.45, 7) is 7.38. The van der Waals surface area contributed by atoms with E-state index in [-0.39, 0.29) is 61.1 Å². The minimum atomic E-state index is -0.369. The smallest absolute Gasteiger partial charge is 0.157 e. The zero-order valence-corrected chi connectivity index (χ0v) is 18.7. The van der Waals surface area contributed by atoms with Gasteiger partial charge >= 0.3 is 0 Å². The number of ether oxygens (including phenoxy) is 2. The van der Waals surface area contributed by atoms with Crippen LogP contribution in [0.2, 0.25) is 0 Å². The third-order valence-electron chi connectivity index (χ3n) is 6.81. The van der Waals surface area contributed by atoms with Gasteiger partial charge in [-0.1, -0.05) is 0 Å². The van der Waals surface area contributed by atoms with Crippen molar-refractivity contribution in [3.8, 4) is 0 Å². The number of piperidine rings is 2. The van der Waals surface area contributed by atoms with E-state index in [2.05, 4.69) is 9.80 Å². The fourth-order valence-corrected chi connectivity index (χ4v) is 5.12. The molecule has 4 rings (SSSR count). The van der Waals surface area contributed by atoms with Crippen LogP contribution < -0.4 is 0 Å². The summed E-state index contributed by atoms with van der Waals surface area (Å²) in [6.07, 6.45) is 0.971. The van der Waals surface area contributed by atoms with Gasteiger partial charge in [0.15, 0.2) is 23.1 Å². The lowest BCUT2D eigenvalue weighted by Gasteiger charge is -2.41. The van der Waals surface area contributed by atoms with Crippen molar-refractivity contribution < 1.29 is 28.7 Å². The molecule has 2 unspecified atom stereocenters. The van der Waals surface area contributed by atoms with Crippen molar-refractivity contribution in [3.63, 3.8) is 0 Å². The van der Waals surface area contributed by atoms with Gasteiger partial charge in [0.1, 0.15) is 0 Å². The van der Waals surface area contributed by atoms with Gasteiger partial charge in [-0.3, -0.25) is 38.8 Å². The Labute approximate surface area is 188 Å². The quantitative estimate of drug-likeness (QED) is 0.439. The van der Waals surface area contributed by atoms with Crippen LogP contribution in [0.1, 0.15) is 25.7 Å². The Kier molecular flexibility index (Phi) is 8.14. The van der Waals surface area contributed by atoms with Crippen LogP contribution in [0, 0.1) is 0 Å². The summed E-state index contributed by atoms with van der Waals surface area (Å²) < 4.78 is 10.8. The second-order valence-corrected chi connectivity index (χ2v) is 9.21. The molecule has 32 heavy (non-hydrogen) atoms. The molecule has 4 aliphatic rings. The fraction of sp³-hybridized carbons (Fsp3) is 0.818. The number of ketones is 4. The SMILES string of the molecule is O=C1CC(=O)C(CCC2C(=O)CC(=O)CN2CN2CCOCC2)N(CN2CCOCC2)C1. The van der Waals surface area contributed by atoms with Gasteiger partial charge in [-0.05, 0) is 12.8 Å². The van der Waals surface area contributed by atoms with Crippen LogP contribution in [0.3, 0.4) is 0 Å². The average Bonchev–Trinajstić information content (AvgIpc) is 2.76. The number of hydrogen-bond donors (Lipinski definition) is 0. The maximum Gasteiger partial charge on any atom is 0.157 e. The van der Waals surface area contributed by atoms with Gasteiger partial charge in [0.25, 0.3) is 0 Å². The first-order chi connectivity index (χ1) is 15.5. The number of morpholine rings is 2. The van der Waals surface area contributed by atoms with Crippen LogP contribution in [0.15, 0.2) is 0 Å². The summed E-state index contributed by atoms with van der Waals surface area (Å²) >= 11 is 0. The number of carbonyl (C=O) groups is 4. The zero-order chi connectivity index (χ0) is 22.5. The Hall–Kier alpha value is -1.56. The Morgan fingerprint density at radius 3 is 1.38 bits per heavy atom. The van der Waals surface area contributed by atoms with E-state index in [0.29, 0.717) is 52.6 Å². The largest absolute Gasteiger partial charge is 0.379 e. The predicted octanol–water partition coefficient (Wildman–Crippen LogP) is -1.23. The van der Waals surface area contributed by atoms with E-state index in [1.165, 1.54) is 0 Å². The molecule has 10 heteroatoms. The molecule has 0 radical (unpaired) electrons. The fourth-order valence-electron chi connectivity index (χ4n) is 5.12. The highest BCUT2D eigenvalue weighted by Gasteiger charge is 2.39. The first-order valence-electron chi connectivity index (χ1n) is 11.7. The van der Waals surface area contributed by atoms with Crippen LogP contribution in [-0.4, -0.2) is 134 Å². The first kappa shape index (κ1) is 23.6. The van der Waals surface area contributed by atoms with Crippen LogP contribution in [0.4, 0.5) is 0 Å². The van der Waals surface area contributed by atoms with Gasteiger partial charge in [-0.2, -0.15) is 0 Å². The summed E-state index contributed by atoms with van der Waals surface area (Å²) in [5.41, 5.74) is 0. The van der Waals surface area contributed by atoms with Gasteiger partial charge in [-0.15, -0.1) is 0 Å². The van der Waals surface area contributed by atoms with E-state index in [0.717, 1.165) is 26.2 Å². The lowest BCUT2D eigenvalue weighted by atomic mass is 9.90. The second-order valence-electron chi connectivity index (χ2n) is 9.21. The van der Waals surface area contributed by atoms with Crippen LogP contribution >= 0.6 is 0 Å². The molecule has 0 amide bonds. The maximum atomic E-state index is 12.8. The molecule has 10 nitrogen and oxygen atoms in total. The van der Waals surface area contributed by atoms with Crippen LogP contribution in [0.5, 0.6) is 0 Å². The molecule has 4 saturated heterocycles. The van der Waals surface area contributed by atoms with Gasteiger partial charge in [-0.25, -0.2) is 0 Å². The molecule has 2 atom stereocenters. The molecule has 0 bridgehead atoms. The van der Waals surface area contributed by atoms with Crippen molar-refractivity contribution in [3.05, 3.63) is 0 Å². The topological polar surface area (TPSA) is 99.7 Å². The Morgan fingerprint density at radius 2 is 1.00 bits per heavy atom. The molecule has 4 fully saturated rings. The van der Waals surface area contributed by atoms with E-state index in [9.17, 15) is 19.2 Å². The van der Waals surface area contributed by atoms with Crippen molar-refractivity contribution in [2.75, 3.05) is 79.0 Å². The minimum Gasteiger partial charge on any atom is -0.379 e. The summed E-state index contributed by atoms with van der Waals surface area (Å²) in [5.74, 6) is -0.220. The molecule has 0 aromatic carbocycles. The number of nitrogens with zero attached hydrogens (tertiary/aromatic N) is 4. The number of likely N-dealkylation sites (tertiary alicyclic amines) is 2. The van der Waals surface area contributed by atoms with Crippen LogP contribution in [-0.2, 0) is 28.7 Å². The molecule has 0 aromatic rings. The summed E-state index contributed by atoms with van der Waals surface area (Å²) in [6, 6.07) is -0.739. The highest BCUT2D eigenvalue weighted by molar-refractivity contribution is 6.05. The molecule has 178 valence electrons. The van der Waals surface area contributed by atoms with E-state index >= 15 is 0 Å². The standard InChI is InChI=1S/C22H34N4O6/c27-17-11-21(29)19(25(13-17)15-23-3-7-31-8-4-23)1-2-20-22(30)12-18(28)14-26(20)16-24-5-9-32-10-6-24/h19-20H,1-16H2. The number of rotatable bonds is 7. The van der Waals surface area contributed by atoms with E-state index in [4.69, 9.17) is 9.47 Å². The lowest BCUT2D eigenvalue weighted by molar-refractivity contribution is -0.142. The Morgan fingerprint density at radius 1 is 0.625 bits per heavy atom. The van der Waals surface area contributed by atoms with E-state index in [1.807, 2.05) is 9.80 Å². The Balaban J connectivity index is 1.40. The third-order valence-corrected chi connectivity index (χ3v) is 6.81. The van der Waals surface area contributed by atoms with Crippen molar-refractivity contribution in [1.82, 2.24) is 19.6 Å². The predicted molar refractivity (Wildman–Crippen MR) is 114 cm³/mol. The van der Waals surface area contributed by atoms with E-state index < -0.39 is 0 Å². The molecule has 0 aliphatic carbocycles. The molecule has 0 N–H and O–H groups in total. The maximum absolute atomic E-state index is 12.8. The van der Waals surface area contributed by atoms with Crippen molar-refractivity contribution in [2.45, 2.75) is 37.8 Å². The number of carbonyl (C=O) groups excluding carboxylic acids is 4. The summed E-state index contributed by atoms with van der Waals surface area (Å²) in [5, 5.41) is 0. The summed E-state index contributed by atoms with van der Waals surface area (Å²) in [7, 11) is 0. The average molecular weight is 451 g/mol. The summed E-state index contributed by atoms with van der Waals surface area (Å²) in [4.78, 5) is 58.1. The monoisotopic (exact) mass is 450 g/mol. The molecule has 4 aliphatic heterocycles. The molecule has 0 saturated carbocycles. The zero-order valence-electron chi connectivity index (χ0n) is 18.7. The number of hydrogen-bond acceptors (Lipinski definition) is 10. The highest BCUT2D eigenvalue weighted by atomic mass is 16.5. The van der Waals surface area contributed by atoms with E-state index in [1.54, 1.807) is 0 Å². The second kappa shape index (κ2) is 11.0. The molecule has 4 heterocycles. The lowest BCUT2D eigenvalue weighted by Crippen LogP contribution is -2.57. The molecular weight excluding hydrogens is 416 g/mol. The van der Waals surface area contributed by atoms with Crippen molar-refractivity contribution in [1.29, 1.82) is 0 Å². The van der Waals surface area contributed by atoms with Crippen LogP contribution in [0.25, 0.3) is 0 Å². The van der Waals surface area contributed by atoms with Crippen molar-refractivity contribution in [2.24, 2.45) is 0 Å². The van der Waals surface area contributed by atoms with Gasteiger partial charge in [0, 0.05) is 26.2 Å². The van der Waals surface area contributed by atoms with Crippen molar-refractivity contribution >= 4 is 23.1 Å². The molecule has 0 spiro atoms. The van der Waals surface area contributed by atoms with Gasteiger partial charge in [0.2, 0.25) is 0 Å². The van der Waals surface area contributed by atoms with Gasteiger partial charge < -0.3 is 9.47 Å². The number of Topliss-reactive ketones (excluding diaryl/α,β-unsaturated/α-hetero) is 4. The highest BCUT2D eigenvalue weighted by Crippen LogP contribution is 2.23. The molecular formula is C22H34N4O6. The normalized spacial score (nSPS) is 30.2. The molecule has 0 aromatic heterocycles. The third kappa shape index (κ3) is 6.06.